The van der Waals surface area contributed by atoms with Gasteiger partial charge in [-0.15, -0.1) is 0 Å². The summed E-state index contributed by atoms with van der Waals surface area (Å²) in [4.78, 5) is 12.2. The van der Waals surface area contributed by atoms with Crippen LogP contribution in [0.5, 0.6) is 0 Å². The molecule has 1 fully saturated rings. The van der Waals surface area contributed by atoms with E-state index in [4.69, 9.17) is 10.7 Å². The Hall–Kier alpha value is -0.810. The number of aryl methyl sites for hydroxylation is 1. The standard InChI is InChI=1S/C12H16ClNO3S/c1-14-8-10(7-11(14)18(13,16)17)12(15)9-5-3-2-4-6-9/h7-9H,2-6H2,1H3. The zero-order valence-electron chi connectivity index (χ0n) is 10.2. The largest absolute Gasteiger partial charge is 0.340 e. The molecule has 2 rings (SSSR count). The van der Waals surface area contributed by atoms with E-state index in [-0.39, 0.29) is 16.7 Å². The number of halogens is 1. The topological polar surface area (TPSA) is 56.1 Å². The fraction of sp³-hybridized carbons (Fsp3) is 0.583. The molecule has 6 heteroatoms. The number of carbonyl (C=O) groups is 1. The van der Waals surface area contributed by atoms with Crippen LogP contribution in [0.4, 0.5) is 0 Å². The molecule has 0 spiro atoms. The number of aromatic nitrogens is 1. The van der Waals surface area contributed by atoms with Crippen molar-refractivity contribution in [2.75, 3.05) is 0 Å². The summed E-state index contributed by atoms with van der Waals surface area (Å²) in [6, 6.07) is 1.37. The molecule has 1 aromatic rings. The fourth-order valence-electron chi connectivity index (χ4n) is 2.52. The van der Waals surface area contributed by atoms with Gasteiger partial charge in [0, 0.05) is 35.4 Å². The van der Waals surface area contributed by atoms with Gasteiger partial charge in [-0.3, -0.25) is 4.79 Å². The smallest absolute Gasteiger partial charge is 0.276 e. The lowest BCUT2D eigenvalue weighted by molar-refractivity contribution is 0.0889. The number of nitrogens with zero attached hydrogens (tertiary/aromatic N) is 1. The van der Waals surface area contributed by atoms with Gasteiger partial charge in [-0.05, 0) is 18.9 Å². The first kappa shape index (κ1) is 13.6. The van der Waals surface area contributed by atoms with Gasteiger partial charge in [-0.2, -0.15) is 0 Å². The first-order chi connectivity index (χ1) is 8.39. The summed E-state index contributed by atoms with van der Waals surface area (Å²) in [5, 5.41) is -0.0247. The number of ketones is 1. The lowest BCUT2D eigenvalue weighted by atomic mass is 9.84. The minimum atomic E-state index is -3.79. The quantitative estimate of drug-likeness (QED) is 0.635. The SMILES string of the molecule is Cn1cc(C(=O)C2CCCCC2)cc1S(=O)(=O)Cl. The highest BCUT2D eigenvalue weighted by atomic mass is 35.7. The van der Waals surface area contributed by atoms with Crippen molar-refractivity contribution in [3.63, 3.8) is 0 Å². The molecule has 1 aliphatic carbocycles. The second kappa shape index (κ2) is 5.05. The van der Waals surface area contributed by atoms with Crippen LogP contribution in [-0.4, -0.2) is 18.8 Å². The third-order valence-corrected chi connectivity index (χ3v) is 4.85. The maximum absolute atomic E-state index is 12.2. The Labute approximate surface area is 111 Å². The summed E-state index contributed by atoms with van der Waals surface area (Å²) in [5.41, 5.74) is 0.448. The summed E-state index contributed by atoms with van der Waals surface area (Å²) in [6.45, 7) is 0. The molecule has 0 saturated heterocycles. The third kappa shape index (κ3) is 2.78. The zero-order chi connectivity index (χ0) is 13.3. The molecule has 0 N–H and O–H groups in total. The molecule has 0 bridgehead atoms. The zero-order valence-corrected chi connectivity index (χ0v) is 11.8. The van der Waals surface area contributed by atoms with Gasteiger partial charge >= 0.3 is 0 Å². The van der Waals surface area contributed by atoms with Crippen LogP contribution < -0.4 is 0 Å². The summed E-state index contributed by atoms with van der Waals surface area (Å²) >= 11 is 0. The van der Waals surface area contributed by atoms with Crippen molar-refractivity contribution in [1.29, 1.82) is 0 Å². The maximum Gasteiger partial charge on any atom is 0.276 e. The monoisotopic (exact) mass is 289 g/mol. The minimum absolute atomic E-state index is 0.0247. The lowest BCUT2D eigenvalue weighted by Crippen LogP contribution is -2.17. The van der Waals surface area contributed by atoms with E-state index in [0.717, 1.165) is 25.7 Å². The van der Waals surface area contributed by atoms with Crippen molar-refractivity contribution in [1.82, 2.24) is 4.57 Å². The molecular formula is C12H16ClNO3S. The number of hydrogen-bond acceptors (Lipinski definition) is 3. The summed E-state index contributed by atoms with van der Waals surface area (Å²) in [6.07, 6.45) is 6.67. The van der Waals surface area contributed by atoms with Crippen LogP contribution in [0.3, 0.4) is 0 Å². The average Bonchev–Trinajstić information content (AvgIpc) is 2.71. The Kier molecular flexibility index (Phi) is 3.82. The van der Waals surface area contributed by atoms with Crippen molar-refractivity contribution in [2.45, 2.75) is 37.1 Å². The van der Waals surface area contributed by atoms with Gasteiger partial charge in [0.15, 0.2) is 10.8 Å². The van der Waals surface area contributed by atoms with E-state index >= 15 is 0 Å². The van der Waals surface area contributed by atoms with E-state index in [0.29, 0.717) is 5.56 Å². The van der Waals surface area contributed by atoms with E-state index < -0.39 is 9.05 Å². The molecule has 0 aliphatic heterocycles. The summed E-state index contributed by atoms with van der Waals surface area (Å²) in [7, 11) is 3.09. The van der Waals surface area contributed by atoms with Crippen molar-refractivity contribution >= 4 is 25.5 Å². The van der Waals surface area contributed by atoms with Crippen molar-refractivity contribution in [3.05, 3.63) is 17.8 Å². The van der Waals surface area contributed by atoms with E-state index in [1.807, 2.05) is 0 Å². The van der Waals surface area contributed by atoms with Crippen molar-refractivity contribution in [3.8, 4) is 0 Å². The van der Waals surface area contributed by atoms with Crippen LogP contribution in [-0.2, 0) is 16.1 Å². The first-order valence-electron chi connectivity index (χ1n) is 6.05. The average molecular weight is 290 g/mol. The predicted molar refractivity (Wildman–Crippen MR) is 69.4 cm³/mol. The molecule has 1 aromatic heterocycles. The van der Waals surface area contributed by atoms with E-state index in [1.165, 1.54) is 17.1 Å². The molecule has 0 unspecified atom stereocenters. The fourth-order valence-corrected chi connectivity index (χ4v) is 3.65. The van der Waals surface area contributed by atoms with Crippen LogP contribution in [0.1, 0.15) is 42.5 Å². The molecule has 0 atom stereocenters. The second-order valence-corrected chi connectivity index (χ2v) is 7.33. The van der Waals surface area contributed by atoms with Crippen LogP contribution >= 0.6 is 10.7 Å². The Morgan fingerprint density at radius 3 is 2.44 bits per heavy atom. The number of carbonyl (C=O) groups excluding carboxylic acids is 1. The normalized spacial score (nSPS) is 17.9. The van der Waals surface area contributed by atoms with Crippen molar-refractivity contribution < 1.29 is 13.2 Å². The minimum Gasteiger partial charge on any atom is -0.340 e. The van der Waals surface area contributed by atoms with Crippen molar-refractivity contribution in [2.24, 2.45) is 13.0 Å². The van der Waals surface area contributed by atoms with Gasteiger partial charge in [0.2, 0.25) is 0 Å². The van der Waals surface area contributed by atoms with Gasteiger partial charge in [0.25, 0.3) is 9.05 Å². The summed E-state index contributed by atoms with van der Waals surface area (Å²) < 4.78 is 24.0. The van der Waals surface area contributed by atoms with Gasteiger partial charge < -0.3 is 4.57 Å². The van der Waals surface area contributed by atoms with Crippen LogP contribution in [0.25, 0.3) is 0 Å². The van der Waals surface area contributed by atoms with Crippen LogP contribution in [0, 0.1) is 5.92 Å². The van der Waals surface area contributed by atoms with Gasteiger partial charge in [-0.25, -0.2) is 8.42 Å². The van der Waals surface area contributed by atoms with Crippen LogP contribution in [0.15, 0.2) is 17.3 Å². The highest BCUT2D eigenvalue weighted by Crippen LogP contribution is 2.28. The molecule has 100 valence electrons. The molecule has 4 nitrogen and oxygen atoms in total. The second-order valence-electron chi connectivity index (χ2n) is 4.81. The van der Waals surface area contributed by atoms with Crippen LogP contribution in [0.2, 0.25) is 0 Å². The summed E-state index contributed by atoms with van der Waals surface area (Å²) in [5.74, 6) is 0.0731. The van der Waals surface area contributed by atoms with Gasteiger partial charge in [0.1, 0.15) is 0 Å². The number of Topliss-reactive ketones (excluding diaryl/α,β-unsaturated/α-hetero) is 1. The molecule has 1 saturated carbocycles. The molecular weight excluding hydrogens is 274 g/mol. The van der Waals surface area contributed by atoms with E-state index in [2.05, 4.69) is 0 Å². The lowest BCUT2D eigenvalue weighted by Gasteiger charge is -2.19. The van der Waals surface area contributed by atoms with E-state index in [9.17, 15) is 13.2 Å². The molecule has 1 heterocycles. The van der Waals surface area contributed by atoms with Gasteiger partial charge in [0.05, 0.1) is 0 Å². The molecule has 1 aliphatic rings. The Bertz CT molecular complexity index is 556. The number of hydrogen-bond donors (Lipinski definition) is 0. The molecule has 0 aromatic carbocycles. The van der Waals surface area contributed by atoms with E-state index in [1.54, 1.807) is 13.2 Å². The first-order valence-corrected chi connectivity index (χ1v) is 8.36. The highest BCUT2D eigenvalue weighted by molar-refractivity contribution is 8.13. The third-order valence-electron chi connectivity index (χ3n) is 3.47. The molecule has 0 amide bonds. The number of rotatable bonds is 3. The molecule has 0 radical (unpaired) electrons. The predicted octanol–water partition coefficient (Wildman–Crippen LogP) is 2.72. The molecule has 18 heavy (non-hydrogen) atoms. The Morgan fingerprint density at radius 2 is 1.94 bits per heavy atom. The maximum atomic E-state index is 12.2. The van der Waals surface area contributed by atoms with Gasteiger partial charge in [-0.1, -0.05) is 19.3 Å². The highest BCUT2D eigenvalue weighted by Gasteiger charge is 2.25. The Morgan fingerprint density at radius 1 is 1.33 bits per heavy atom. The Balaban J connectivity index is 2.26.